The van der Waals surface area contributed by atoms with Gasteiger partial charge in [-0.05, 0) is 39.7 Å². The minimum atomic E-state index is -4.45. The Kier molecular flexibility index (Phi) is 5.25. The summed E-state index contributed by atoms with van der Waals surface area (Å²) >= 11 is 0. The number of halogens is 3. The normalized spacial score (nSPS) is 19.1. The Morgan fingerprint density at radius 3 is 2.67 bits per heavy atom. The maximum Gasteiger partial charge on any atom is 0.416 e. The van der Waals surface area contributed by atoms with Gasteiger partial charge in [0.05, 0.1) is 12.1 Å². The molecule has 0 saturated carbocycles. The maximum atomic E-state index is 12.7. The molecule has 0 aromatic carbocycles. The van der Waals surface area contributed by atoms with Gasteiger partial charge in [0.2, 0.25) is 5.88 Å². The van der Waals surface area contributed by atoms with Gasteiger partial charge in [0.25, 0.3) is 0 Å². The van der Waals surface area contributed by atoms with E-state index in [9.17, 15) is 18.0 Å². The van der Waals surface area contributed by atoms with Crippen molar-refractivity contribution in [1.82, 2.24) is 9.88 Å². The van der Waals surface area contributed by atoms with Crippen LogP contribution < -0.4 is 4.74 Å². The zero-order valence-corrected chi connectivity index (χ0v) is 13.9. The number of aromatic nitrogens is 1. The SMILES string of the molecule is CC(C)(C)OC(=O)N1CCC[C@H](Oc2cc(C(F)(F)F)ccn2)C1. The molecule has 1 atom stereocenters. The second-order valence-corrected chi connectivity index (χ2v) is 6.69. The lowest BCUT2D eigenvalue weighted by atomic mass is 10.1. The van der Waals surface area contributed by atoms with Gasteiger partial charge in [-0.3, -0.25) is 0 Å². The zero-order valence-electron chi connectivity index (χ0n) is 13.9. The van der Waals surface area contributed by atoms with Crippen LogP contribution in [-0.2, 0) is 10.9 Å². The predicted molar refractivity (Wildman–Crippen MR) is 80.7 cm³/mol. The van der Waals surface area contributed by atoms with Crippen LogP contribution in [0.3, 0.4) is 0 Å². The highest BCUT2D eigenvalue weighted by molar-refractivity contribution is 5.68. The van der Waals surface area contributed by atoms with E-state index in [1.807, 2.05) is 0 Å². The molecule has 134 valence electrons. The lowest BCUT2D eigenvalue weighted by Gasteiger charge is -2.34. The van der Waals surface area contributed by atoms with Crippen molar-refractivity contribution in [3.63, 3.8) is 0 Å². The van der Waals surface area contributed by atoms with E-state index >= 15 is 0 Å². The molecule has 1 aromatic rings. The molecule has 0 aliphatic carbocycles. The summed E-state index contributed by atoms with van der Waals surface area (Å²) in [4.78, 5) is 17.4. The average molecular weight is 346 g/mol. The van der Waals surface area contributed by atoms with E-state index in [4.69, 9.17) is 9.47 Å². The van der Waals surface area contributed by atoms with Crippen molar-refractivity contribution < 1.29 is 27.4 Å². The summed E-state index contributed by atoms with van der Waals surface area (Å²) in [7, 11) is 0. The van der Waals surface area contributed by atoms with Crippen molar-refractivity contribution in [1.29, 1.82) is 0 Å². The van der Waals surface area contributed by atoms with Gasteiger partial charge in [-0.1, -0.05) is 0 Å². The van der Waals surface area contributed by atoms with Gasteiger partial charge in [-0.25, -0.2) is 9.78 Å². The van der Waals surface area contributed by atoms with Crippen LogP contribution in [0, 0.1) is 0 Å². The number of amides is 1. The molecule has 0 N–H and O–H groups in total. The number of alkyl halides is 3. The van der Waals surface area contributed by atoms with Crippen molar-refractivity contribution >= 4 is 6.09 Å². The van der Waals surface area contributed by atoms with Crippen LogP contribution in [0.2, 0.25) is 0 Å². The molecule has 1 amide bonds. The van der Waals surface area contributed by atoms with E-state index in [0.29, 0.717) is 19.4 Å². The third-order valence-corrected chi connectivity index (χ3v) is 3.38. The summed E-state index contributed by atoms with van der Waals surface area (Å²) in [6.45, 7) is 6.11. The van der Waals surface area contributed by atoms with Crippen LogP contribution in [0.15, 0.2) is 18.3 Å². The molecule has 1 fully saturated rings. The first kappa shape index (κ1) is 18.4. The first-order chi connectivity index (χ1) is 11.0. The number of carbonyl (C=O) groups excluding carboxylic acids is 1. The van der Waals surface area contributed by atoms with E-state index in [0.717, 1.165) is 18.3 Å². The van der Waals surface area contributed by atoms with Gasteiger partial charge < -0.3 is 14.4 Å². The number of hydrogen-bond acceptors (Lipinski definition) is 4. The molecule has 0 bridgehead atoms. The molecule has 0 unspecified atom stereocenters. The zero-order chi connectivity index (χ0) is 18.0. The number of ether oxygens (including phenoxy) is 2. The van der Waals surface area contributed by atoms with Crippen molar-refractivity contribution in [3.05, 3.63) is 23.9 Å². The Hall–Kier alpha value is -1.99. The van der Waals surface area contributed by atoms with Crippen LogP contribution in [-0.4, -0.2) is 40.8 Å². The Balaban J connectivity index is 1.99. The van der Waals surface area contributed by atoms with E-state index in [2.05, 4.69) is 4.98 Å². The van der Waals surface area contributed by atoms with E-state index in [1.54, 1.807) is 20.8 Å². The fourth-order valence-corrected chi connectivity index (χ4v) is 2.35. The lowest BCUT2D eigenvalue weighted by Crippen LogP contribution is -2.46. The first-order valence-corrected chi connectivity index (χ1v) is 7.72. The molecule has 8 heteroatoms. The highest BCUT2D eigenvalue weighted by atomic mass is 19.4. The number of nitrogens with zero attached hydrogens (tertiary/aromatic N) is 2. The molecule has 1 aromatic heterocycles. The number of carbonyl (C=O) groups is 1. The minimum Gasteiger partial charge on any atom is -0.472 e. The summed E-state index contributed by atoms with van der Waals surface area (Å²) in [5.74, 6) is -0.0964. The van der Waals surface area contributed by atoms with E-state index in [1.165, 1.54) is 4.90 Å². The van der Waals surface area contributed by atoms with Gasteiger partial charge in [0.15, 0.2) is 0 Å². The van der Waals surface area contributed by atoms with Crippen molar-refractivity contribution in [3.8, 4) is 5.88 Å². The van der Waals surface area contributed by atoms with Gasteiger partial charge in [-0.15, -0.1) is 0 Å². The predicted octanol–water partition coefficient (Wildman–Crippen LogP) is 3.88. The number of rotatable bonds is 2. The van der Waals surface area contributed by atoms with Gasteiger partial charge in [-0.2, -0.15) is 13.2 Å². The van der Waals surface area contributed by atoms with Crippen LogP contribution in [0.5, 0.6) is 5.88 Å². The first-order valence-electron chi connectivity index (χ1n) is 7.72. The molecule has 1 saturated heterocycles. The second-order valence-electron chi connectivity index (χ2n) is 6.69. The Labute approximate surface area is 138 Å². The monoisotopic (exact) mass is 346 g/mol. The fourth-order valence-electron chi connectivity index (χ4n) is 2.35. The van der Waals surface area contributed by atoms with Crippen molar-refractivity contribution in [2.75, 3.05) is 13.1 Å². The number of pyridine rings is 1. The van der Waals surface area contributed by atoms with E-state index < -0.39 is 29.5 Å². The third kappa shape index (κ3) is 5.28. The van der Waals surface area contributed by atoms with Crippen LogP contribution in [0.1, 0.15) is 39.2 Å². The van der Waals surface area contributed by atoms with Gasteiger partial charge in [0.1, 0.15) is 11.7 Å². The summed E-state index contributed by atoms with van der Waals surface area (Å²) in [6.07, 6.45) is -2.93. The highest BCUT2D eigenvalue weighted by Crippen LogP contribution is 2.31. The molecule has 0 radical (unpaired) electrons. The third-order valence-electron chi connectivity index (χ3n) is 3.38. The molecule has 2 rings (SSSR count). The molecule has 1 aliphatic rings. The Morgan fingerprint density at radius 1 is 1.33 bits per heavy atom. The largest absolute Gasteiger partial charge is 0.472 e. The quantitative estimate of drug-likeness (QED) is 0.815. The standard InChI is InChI=1S/C16H21F3N2O3/c1-15(2,3)24-14(22)21-8-4-5-12(10-21)23-13-9-11(6-7-20-13)16(17,18)19/h6-7,9,12H,4-5,8,10H2,1-3H3/t12-/m0/s1. The van der Waals surface area contributed by atoms with Crippen LogP contribution in [0.25, 0.3) is 0 Å². The summed E-state index contributed by atoms with van der Waals surface area (Å²) in [6, 6.07) is 1.76. The lowest BCUT2D eigenvalue weighted by molar-refractivity contribution is -0.137. The summed E-state index contributed by atoms with van der Waals surface area (Å²) in [5, 5.41) is 0. The molecular weight excluding hydrogens is 325 g/mol. The number of piperidine rings is 1. The van der Waals surface area contributed by atoms with Gasteiger partial charge in [0, 0.05) is 18.8 Å². The van der Waals surface area contributed by atoms with E-state index in [-0.39, 0.29) is 12.4 Å². The van der Waals surface area contributed by atoms with Crippen molar-refractivity contribution in [2.24, 2.45) is 0 Å². The molecule has 1 aliphatic heterocycles. The second kappa shape index (κ2) is 6.86. The molecular formula is C16H21F3N2O3. The summed E-state index contributed by atoms with van der Waals surface area (Å²) < 4.78 is 49.0. The Bertz CT molecular complexity index is 585. The van der Waals surface area contributed by atoms with Gasteiger partial charge >= 0.3 is 12.3 Å². The van der Waals surface area contributed by atoms with Crippen molar-refractivity contribution in [2.45, 2.75) is 51.5 Å². The topological polar surface area (TPSA) is 51.7 Å². The molecule has 5 nitrogen and oxygen atoms in total. The fraction of sp³-hybridized carbons (Fsp3) is 0.625. The maximum absolute atomic E-state index is 12.7. The van der Waals surface area contributed by atoms with Crippen LogP contribution in [0.4, 0.5) is 18.0 Å². The van der Waals surface area contributed by atoms with Crippen LogP contribution >= 0.6 is 0 Å². The average Bonchev–Trinajstić information content (AvgIpc) is 2.45. The minimum absolute atomic E-state index is 0.0964. The number of hydrogen-bond donors (Lipinski definition) is 0. The summed E-state index contributed by atoms with van der Waals surface area (Å²) in [5.41, 5.74) is -1.42. The highest BCUT2D eigenvalue weighted by Gasteiger charge is 2.32. The molecule has 24 heavy (non-hydrogen) atoms. The number of likely N-dealkylation sites (tertiary alicyclic amines) is 1. The Morgan fingerprint density at radius 2 is 2.04 bits per heavy atom. The smallest absolute Gasteiger partial charge is 0.416 e. The molecule has 0 spiro atoms. The molecule has 2 heterocycles.